The molecular formula is C19H16FN3O3. The third-order valence-electron chi connectivity index (χ3n) is 3.71. The summed E-state index contributed by atoms with van der Waals surface area (Å²) in [6.45, 7) is 3.36. The van der Waals surface area contributed by atoms with Gasteiger partial charge in [-0.2, -0.15) is 5.10 Å². The number of aryl methyl sites for hydroxylation is 2. The van der Waals surface area contributed by atoms with E-state index in [1.807, 2.05) is 19.9 Å². The molecule has 132 valence electrons. The fourth-order valence-corrected chi connectivity index (χ4v) is 2.43. The topological polar surface area (TPSA) is 74.1 Å². The summed E-state index contributed by atoms with van der Waals surface area (Å²) in [5.41, 5.74) is 2.29. The van der Waals surface area contributed by atoms with Crippen molar-refractivity contribution in [3.63, 3.8) is 0 Å². The van der Waals surface area contributed by atoms with E-state index < -0.39 is 24.2 Å². The third kappa shape index (κ3) is 3.83. The molecule has 3 aromatic rings. The molecule has 0 atom stereocenters. The van der Waals surface area contributed by atoms with Gasteiger partial charge in [-0.15, -0.1) is 0 Å². The van der Waals surface area contributed by atoms with Crippen molar-refractivity contribution >= 4 is 11.8 Å². The number of benzene rings is 1. The molecule has 26 heavy (non-hydrogen) atoms. The number of ether oxygens (including phenoxy) is 1. The summed E-state index contributed by atoms with van der Waals surface area (Å²) < 4.78 is 19.5. The summed E-state index contributed by atoms with van der Waals surface area (Å²) >= 11 is 0. The summed E-state index contributed by atoms with van der Waals surface area (Å²) in [6, 6.07) is 10.2. The Morgan fingerprint density at radius 3 is 2.35 bits per heavy atom. The van der Waals surface area contributed by atoms with Gasteiger partial charge in [0.1, 0.15) is 5.82 Å². The van der Waals surface area contributed by atoms with Gasteiger partial charge in [0, 0.05) is 17.5 Å². The van der Waals surface area contributed by atoms with Crippen molar-refractivity contribution in [2.75, 3.05) is 6.61 Å². The lowest BCUT2D eigenvalue weighted by molar-refractivity contribution is 0.0474. The molecule has 0 bridgehead atoms. The standard InChI is InChI=1S/C19H16FN3O3/c1-12-9-13(2)23(22-12)18-8-5-15(10-21-18)19(25)26-11-17(24)14-3-6-16(20)7-4-14/h3-10H,11H2,1-2H3. The quantitative estimate of drug-likeness (QED) is 0.521. The zero-order valence-corrected chi connectivity index (χ0v) is 14.3. The molecule has 1 aromatic carbocycles. The Morgan fingerprint density at radius 2 is 1.77 bits per heavy atom. The molecule has 0 aliphatic rings. The normalized spacial score (nSPS) is 10.6. The second-order valence-corrected chi connectivity index (χ2v) is 5.75. The number of pyridine rings is 1. The Hall–Kier alpha value is -3.35. The average molecular weight is 353 g/mol. The summed E-state index contributed by atoms with van der Waals surface area (Å²) in [4.78, 5) is 28.2. The lowest BCUT2D eigenvalue weighted by Crippen LogP contribution is -2.14. The number of esters is 1. The van der Waals surface area contributed by atoms with Gasteiger partial charge in [0.15, 0.2) is 18.2 Å². The predicted molar refractivity (Wildman–Crippen MR) is 91.8 cm³/mol. The van der Waals surface area contributed by atoms with Gasteiger partial charge in [-0.3, -0.25) is 4.79 Å². The number of hydrogen-bond acceptors (Lipinski definition) is 5. The van der Waals surface area contributed by atoms with Crippen LogP contribution in [0.2, 0.25) is 0 Å². The maximum atomic E-state index is 12.9. The van der Waals surface area contributed by atoms with Crippen LogP contribution in [0.4, 0.5) is 4.39 Å². The predicted octanol–water partition coefficient (Wildman–Crippen LogP) is 3.06. The van der Waals surface area contributed by atoms with Crippen LogP contribution in [0.1, 0.15) is 32.1 Å². The summed E-state index contributed by atoms with van der Waals surface area (Å²) in [6.07, 6.45) is 1.37. The molecule has 0 aliphatic carbocycles. The molecule has 0 spiro atoms. The Labute approximate surface area is 149 Å². The molecule has 0 saturated heterocycles. The first-order chi connectivity index (χ1) is 12.4. The second-order valence-electron chi connectivity index (χ2n) is 5.75. The van der Waals surface area contributed by atoms with Crippen molar-refractivity contribution in [3.05, 3.63) is 77.0 Å². The van der Waals surface area contributed by atoms with Crippen LogP contribution in [0.3, 0.4) is 0 Å². The largest absolute Gasteiger partial charge is 0.454 e. The van der Waals surface area contributed by atoms with Crippen LogP contribution >= 0.6 is 0 Å². The first-order valence-electron chi connectivity index (χ1n) is 7.89. The number of carbonyl (C=O) groups is 2. The highest BCUT2D eigenvalue weighted by Crippen LogP contribution is 2.11. The number of ketones is 1. The van der Waals surface area contributed by atoms with Crippen LogP contribution in [0.25, 0.3) is 5.82 Å². The maximum Gasteiger partial charge on any atom is 0.340 e. The van der Waals surface area contributed by atoms with Crippen LogP contribution in [0.5, 0.6) is 0 Å². The van der Waals surface area contributed by atoms with E-state index in [9.17, 15) is 14.0 Å². The zero-order chi connectivity index (χ0) is 18.7. The molecule has 7 heteroatoms. The van der Waals surface area contributed by atoms with Gasteiger partial charge in [0.05, 0.1) is 11.3 Å². The molecule has 2 aromatic heterocycles. The van der Waals surface area contributed by atoms with Crippen LogP contribution in [0.15, 0.2) is 48.7 Å². The van der Waals surface area contributed by atoms with Crippen LogP contribution in [-0.4, -0.2) is 33.1 Å². The monoisotopic (exact) mass is 353 g/mol. The Morgan fingerprint density at radius 1 is 1.08 bits per heavy atom. The van der Waals surface area contributed by atoms with E-state index >= 15 is 0 Å². The summed E-state index contributed by atoms with van der Waals surface area (Å²) in [7, 11) is 0. The minimum Gasteiger partial charge on any atom is -0.454 e. The Kier molecular flexibility index (Phi) is 4.88. The average Bonchev–Trinajstić information content (AvgIpc) is 2.98. The van der Waals surface area contributed by atoms with Crippen molar-refractivity contribution in [2.45, 2.75) is 13.8 Å². The van der Waals surface area contributed by atoms with E-state index in [2.05, 4.69) is 10.1 Å². The van der Waals surface area contributed by atoms with Crippen molar-refractivity contribution in [1.82, 2.24) is 14.8 Å². The lowest BCUT2D eigenvalue weighted by atomic mass is 10.1. The maximum absolute atomic E-state index is 12.9. The molecule has 0 fully saturated rings. The van der Waals surface area contributed by atoms with E-state index in [0.29, 0.717) is 5.82 Å². The van der Waals surface area contributed by atoms with Gasteiger partial charge in [-0.05, 0) is 56.3 Å². The number of nitrogens with zero attached hydrogens (tertiary/aromatic N) is 3. The molecule has 0 saturated carbocycles. The Balaban J connectivity index is 1.64. The fourth-order valence-electron chi connectivity index (χ4n) is 2.43. The first kappa shape index (κ1) is 17.5. The van der Waals surface area contributed by atoms with Crippen LogP contribution in [0, 0.1) is 19.7 Å². The van der Waals surface area contributed by atoms with Gasteiger partial charge in [-0.25, -0.2) is 18.9 Å². The van der Waals surface area contributed by atoms with Crippen molar-refractivity contribution < 1.29 is 18.7 Å². The van der Waals surface area contributed by atoms with Gasteiger partial charge < -0.3 is 4.74 Å². The molecule has 0 aliphatic heterocycles. The molecule has 6 nitrogen and oxygen atoms in total. The SMILES string of the molecule is Cc1cc(C)n(-c2ccc(C(=O)OCC(=O)c3ccc(F)cc3)cn2)n1. The highest BCUT2D eigenvalue weighted by atomic mass is 19.1. The lowest BCUT2D eigenvalue weighted by Gasteiger charge is -2.06. The highest BCUT2D eigenvalue weighted by Gasteiger charge is 2.13. The molecule has 0 radical (unpaired) electrons. The molecule has 0 N–H and O–H groups in total. The number of rotatable bonds is 5. The minimum atomic E-state index is -0.659. The van der Waals surface area contributed by atoms with E-state index in [0.717, 1.165) is 11.4 Å². The minimum absolute atomic E-state index is 0.224. The molecule has 0 unspecified atom stereocenters. The van der Waals surface area contributed by atoms with E-state index in [-0.39, 0.29) is 11.1 Å². The Bertz CT molecular complexity index is 947. The van der Waals surface area contributed by atoms with Gasteiger partial charge in [0.2, 0.25) is 0 Å². The highest BCUT2D eigenvalue weighted by molar-refractivity contribution is 5.99. The second kappa shape index (κ2) is 7.26. The number of carbonyl (C=O) groups excluding carboxylic acids is 2. The molecule has 0 amide bonds. The van der Waals surface area contributed by atoms with Crippen molar-refractivity contribution in [3.8, 4) is 5.82 Å². The summed E-state index contributed by atoms with van der Waals surface area (Å²) in [5, 5.41) is 4.32. The fraction of sp³-hybridized carbons (Fsp3) is 0.158. The molecular weight excluding hydrogens is 337 g/mol. The van der Waals surface area contributed by atoms with Gasteiger partial charge >= 0.3 is 5.97 Å². The zero-order valence-electron chi connectivity index (χ0n) is 14.3. The number of halogens is 1. The van der Waals surface area contributed by atoms with Crippen LogP contribution < -0.4 is 0 Å². The van der Waals surface area contributed by atoms with E-state index in [4.69, 9.17) is 4.74 Å². The third-order valence-corrected chi connectivity index (χ3v) is 3.71. The number of hydrogen-bond donors (Lipinski definition) is 0. The number of Topliss-reactive ketones (excluding diaryl/α,β-unsaturated/α-hetero) is 1. The van der Waals surface area contributed by atoms with E-state index in [1.54, 1.807) is 16.8 Å². The smallest absolute Gasteiger partial charge is 0.340 e. The van der Waals surface area contributed by atoms with Crippen LogP contribution in [-0.2, 0) is 4.74 Å². The van der Waals surface area contributed by atoms with Crippen molar-refractivity contribution in [1.29, 1.82) is 0 Å². The van der Waals surface area contributed by atoms with Gasteiger partial charge in [0.25, 0.3) is 0 Å². The molecule has 3 rings (SSSR count). The first-order valence-corrected chi connectivity index (χ1v) is 7.89. The number of aromatic nitrogens is 3. The van der Waals surface area contributed by atoms with E-state index in [1.165, 1.54) is 30.5 Å². The van der Waals surface area contributed by atoms with Gasteiger partial charge in [-0.1, -0.05) is 0 Å². The van der Waals surface area contributed by atoms with Crippen molar-refractivity contribution in [2.24, 2.45) is 0 Å². The summed E-state index contributed by atoms with van der Waals surface area (Å²) in [5.74, 6) is -0.930. The molecule has 2 heterocycles.